The Morgan fingerprint density at radius 2 is 2.17 bits per heavy atom. The van der Waals surface area contributed by atoms with Crippen molar-refractivity contribution in [3.8, 4) is 11.8 Å². The molecule has 0 aromatic carbocycles. The van der Waals surface area contributed by atoms with Crippen LogP contribution in [0.1, 0.15) is 54.3 Å². The summed E-state index contributed by atoms with van der Waals surface area (Å²) in [6.07, 6.45) is 5.06. The van der Waals surface area contributed by atoms with E-state index in [0.717, 1.165) is 57.6 Å². The normalized spacial score (nSPS) is 21.8. The molecule has 1 atom stereocenters. The third-order valence-corrected chi connectivity index (χ3v) is 4.41. The van der Waals surface area contributed by atoms with E-state index in [9.17, 15) is 4.79 Å². The van der Waals surface area contributed by atoms with Crippen LogP contribution in [0, 0.1) is 18.8 Å². The summed E-state index contributed by atoms with van der Waals surface area (Å²) in [5, 5.41) is 7.37. The van der Waals surface area contributed by atoms with Crippen LogP contribution in [0.3, 0.4) is 0 Å². The SMILES string of the molecule is Cc1cc(C(=O)NCC#CC2CCCCO2)n(C2CCOCC2)n1. The van der Waals surface area contributed by atoms with Crippen molar-refractivity contribution in [2.45, 2.75) is 51.2 Å². The molecule has 2 aliphatic rings. The lowest BCUT2D eigenvalue weighted by Crippen LogP contribution is -2.30. The molecule has 2 fully saturated rings. The van der Waals surface area contributed by atoms with Crippen LogP contribution in [-0.4, -0.2) is 48.2 Å². The van der Waals surface area contributed by atoms with Crippen LogP contribution in [0.15, 0.2) is 6.07 Å². The van der Waals surface area contributed by atoms with Crippen molar-refractivity contribution >= 4 is 5.91 Å². The van der Waals surface area contributed by atoms with Crippen molar-refractivity contribution in [1.29, 1.82) is 0 Å². The number of aromatic nitrogens is 2. The molecule has 6 heteroatoms. The van der Waals surface area contributed by atoms with Gasteiger partial charge in [-0.1, -0.05) is 11.8 Å². The van der Waals surface area contributed by atoms with Crippen molar-refractivity contribution in [3.05, 3.63) is 17.5 Å². The van der Waals surface area contributed by atoms with E-state index < -0.39 is 0 Å². The van der Waals surface area contributed by atoms with Gasteiger partial charge in [0.15, 0.2) is 0 Å². The lowest BCUT2D eigenvalue weighted by atomic mass is 10.1. The average molecular weight is 331 g/mol. The summed E-state index contributed by atoms with van der Waals surface area (Å²) in [5.41, 5.74) is 1.46. The van der Waals surface area contributed by atoms with E-state index in [1.165, 1.54) is 0 Å². The number of nitrogens with one attached hydrogen (secondary N) is 1. The molecule has 1 N–H and O–H groups in total. The Morgan fingerprint density at radius 3 is 2.92 bits per heavy atom. The standard InChI is InChI=1S/C18H25N3O3/c1-14-13-17(21(20-14)15-7-11-23-12-8-15)18(22)19-9-4-6-16-5-2-3-10-24-16/h13,15-16H,2-3,5,7-12H2,1H3,(H,19,22). The monoisotopic (exact) mass is 331 g/mol. The number of carbonyl (C=O) groups is 1. The molecule has 0 radical (unpaired) electrons. The second-order valence-electron chi connectivity index (χ2n) is 6.32. The van der Waals surface area contributed by atoms with Gasteiger partial charge in [-0.2, -0.15) is 5.10 Å². The molecule has 0 bridgehead atoms. The molecule has 1 aromatic rings. The molecule has 0 spiro atoms. The van der Waals surface area contributed by atoms with E-state index >= 15 is 0 Å². The molecule has 2 aliphatic heterocycles. The van der Waals surface area contributed by atoms with Gasteiger partial charge in [-0.25, -0.2) is 0 Å². The van der Waals surface area contributed by atoms with Gasteiger partial charge in [-0.3, -0.25) is 9.48 Å². The van der Waals surface area contributed by atoms with Crippen LogP contribution in [0.5, 0.6) is 0 Å². The number of aryl methyl sites for hydroxylation is 1. The Hall–Kier alpha value is -1.84. The highest BCUT2D eigenvalue weighted by molar-refractivity contribution is 5.92. The lowest BCUT2D eigenvalue weighted by Gasteiger charge is -2.23. The largest absolute Gasteiger partial charge is 0.381 e. The predicted octanol–water partition coefficient (Wildman–Crippen LogP) is 1.85. The highest BCUT2D eigenvalue weighted by Crippen LogP contribution is 2.22. The van der Waals surface area contributed by atoms with E-state index in [4.69, 9.17) is 9.47 Å². The van der Waals surface area contributed by atoms with Gasteiger partial charge >= 0.3 is 0 Å². The molecular formula is C18H25N3O3. The van der Waals surface area contributed by atoms with Crippen LogP contribution in [-0.2, 0) is 9.47 Å². The minimum Gasteiger partial charge on any atom is -0.381 e. The molecule has 3 rings (SSSR count). The van der Waals surface area contributed by atoms with Gasteiger partial charge in [0.05, 0.1) is 18.3 Å². The summed E-state index contributed by atoms with van der Waals surface area (Å²) in [7, 11) is 0. The molecular weight excluding hydrogens is 306 g/mol. The van der Waals surface area contributed by atoms with Gasteiger partial charge in [-0.15, -0.1) is 0 Å². The van der Waals surface area contributed by atoms with Crippen molar-refractivity contribution < 1.29 is 14.3 Å². The van der Waals surface area contributed by atoms with Crippen molar-refractivity contribution in [3.63, 3.8) is 0 Å². The first-order valence-corrected chi connectivity index (χ1v) is 8.76. The summed E-state index contributed by atoms with van der Waals surface area (Å²) in [6, 6.07) is 2.07. The fourth-order valence-corrected chi connectivity index (χ4v) is 3.13. The Bertz CT molecular complexity index is 617. The molecule has 0 aliphatic carbocycles. The van der Waals surface area contributed by atoms with E-state index in [1.807, 2.05) is 17.7 Å². The smallest absolute Gasteiger partial charge is 0.270 e. The van der Waals surface area contributed by atoms with Crippen LogP contribution in [0.4, 0.5) is 0 Å². The van der Waals surface area contributed by atoms with Gasteiger partial charge in [0.25, 0.3) is 5.91 Å². The molecule has 3 heterocycles. The molecule has 2 saturated heterocycles. The van der Waals surface area contributed by atoms with E-state index in [2.05, 4.69) is 22.3 Å². The van der Waals surface area contributed by atoms with Gasteiger partial charge in [0.1, 0.15) is 11.8 Å². The Balaban J connectivity index is 1.57. The molecule has 6 nitrogen and oxygen atoms in total. The van der Waals surface area contributed by atoms with Crippen molar-refractivity contribution in [2.75, 3.05) is 26.4 Å². The maximum Gasteiger partial charge on any atom is 0.270 e. The van der Waals surface area contributed by atoms with E-state index in [-0.39, 0.29) is 18.1 Å². The first-order chi connectivity index (χ1) is 11.7. The fourth-order valence-electron chi connectivity index (χ4n) is 3.13. The Kier molecular flexibility index (Phi) is 5.89. The van der Waals surface area contributed by atoms with Gasteiger partial charge in [0, 0.05) is 19.8 Å². The number of carbonyl (C=O) groups excluding carboxylic acids is 1. The number of hydrogen-bond acceptors (Lipinski definition) is 4. The third-order valence-electron chi connectivity index (χ3n) is 4.41. The van der Waals surface area contributed by atoms with Crippen LogP contribution in [0.2, 0.25) is 0 Å². The molecule has 1 amide bonds. The zero-order valence-electron chi connectivity index (χ0n) is 14.2. The summed E-state index contributed by atoms with van der Waals surface area (Å²) in [6.45, 7) is 4.47. The first kappa shape index (κ1) is 17.0. The van der Waals surface area contributed by atoms with Crippen molar-refractivity contribution in [2.24, 2.45) is 0 Å². The fraction of sp³-hybridized carbons (Fsp3) is 0.667. The van der Waals surface area contributed by atoms with Crippen molar-refractivity contribution in [1.82, 2.24) is 15.1 Å². The van der Waals surface area contributed by atoms with Crippen LogP contribution < -0.4 is 5.32 Å². The number of amides is 1. The van der Waals surface area contributed by atoms with E-state index in [0.29, 0.717) is 12.2 Å². The van der Waals surface area contributed by atoms with Gasteiger partial charge < -0.3 is 14.8 Å². The quantitative estimate of drug-likeness (QED) is 0.859. The third kappa shape index (κ3) is 4.37. The lowest BCUT2D eigenvalue weighted by molar-refractivity contribution is 0.0525. The highest BCUT2D eigenvalue weighted by Gasteiger charge is 2.22. The average Bonchev–Trinajstić information content (AvgIpc) is 3.02. The summed E-state index contributed by atoms with van der Waals surface area (Å²) < 4.78 is 12.8. The zero-order chi connectivity index (χ0) is 16.8. The Morgan fingerprint density at radius 1 is 1.33 bits per heavy atom. The maximum atomic E-state index is 12.5. The van der Waals surface area contributed by atoms with Crippen LogP contribution in [0.25, 0.3) is 0 Å². The number of rotatable bonds is 3. The summed E-state index contributed by atoms with van der Waals surface area (Å²) in [4.78, 5) is 12.5. The minimum atomic E-state index is -0.124. The second-order valence-corrected chi connectivity index (χ2v) is 6.32. The predicted molar refractivity (Wildman–Crippen MR) is 89.8 cm³/mol. The highest BCUT2D eigenvalue weighted by atomic mass is 16.5. The topological polar surface area (TPSA) is 65.4 Å². The number of hydrogen-bond donors (Lipinski definition) is 1. The molecule has 1 aromatic heterocycles. The second kappa shape index (κ2) is 8.32. The van der Waals surface area contributed by atoms with Gasteiger partial charge in [0.2, 0.25) is 0 Å². The van der Waals surface area contributed by atoms with E-state index in [1.54, 1.807) is 0 Å². The maximum absolute atomic E-state index is 12.5. The number of ether oxygens (including phenoxy) is 2. The zero-order valence-corrected chi connectivity index (χ0v) is 14.2. The molecule has 0 saturated carbocycles. The molecule has 24 heavy (non-hydrogen) atoms. The summed E-state index contributed by atoms with van der Waals surface area (Å²) in [5.74, 6) is 5.97. The summed E-state index contributed by atoms with van der Waals surface area (Å²) >= 11 is 0. The minimum absolute atomic E-state index is 0.0191. The Labute approximate surface area is 142 Å². The number of nitrogens with zero attached hydrogens (tertiary/aromatic N) is 2. The van der Waals surface area contributed by atoms with Gasteiger partial charge in [-0.05, 0) is 45.1 Å². The molecule has 130 valence electrons. The van der Waals surface area contributed by atoms with Crippen LogP contribution >= 0.6 is 0 Å². The molecule has 1 unspecified atom stereocenters. The first-order valence-electron chi connectivity index (χ1n) is 8.76.